The summed E-state index contributed by atoms with van der Waals surface area (Å²) < 4.78 is 37.9. The van der Waals surface area contributed by atoms with Crippen LogP contribution in [0.3, 0.4) is 0 Å². The van der Waals surface area contributed by atoms with Gasteiger partial charge >= 0.3 is 0 Å². The molecule has 0 atom stereocenters. The molecule has 5 heteroatoms. The van der Waals surface area contributed by atoms with Gasteiger partial charge in [0, 0.05) is 6.07 Å². The van der Waals surface area contributed by atoms with E-state index >= 15 is 0 Å². The van der Waals surface area contributed by atoms with E-state index in [0.717, 1.165) is 5.56 Å². The van der Waals surface area contributed by atoms with Gasteiger partial charge in [0.05, 0.1) is 12.7 Å². The van der Waals surface area contributed by atoms with Gasteiger partial charge in [-0.2, -0.15) is 0 Å². The molecule has 0 aliphatic rings. The molecule has 0 aromatic heterocycles. The van der Waals surface area contributed by atoms with Crippen molar-refractivity contribution < 1.29 is 18.3 Å². The number of nitrogens with two attached hydrogens (primary N) is 1. The van der Waals surface area contributed by atoms with Crippen LogP contribution in [0.1, 0.15) is 11.1 Å². The lowest BCUT2D eigenvalue weighted by molar-refractivity contribution is 0.287. The van der Waals surface area contributed by atoms with Gasteiger partial charge in [-0.05, 0) is 36.7 Å². The van der Waals surface area contributed by atoms with Crippen LogP contribution in [-0.2, 0) is 13.0 Å². The topological polar surface area (TPSA) is 44.5 Å². The SMILES string of the molecule is COc1ccc(CCN)c(OCc2c(F)cccc2F)c1. The molecule has 0 aliphatic heterocycles. The zero-order valence-electron chi connectivity index (χ0n) is 11.7. The van der Waals surface area contributed by atoms with Gasteiger partial charge in [0.2, 0.25) is 0 Å². The fraction of sp³-hybridized carbons (Fsp3) is 0.250. The van der Waals surface area contributed by atoms with Gasteiger partial charge in [-0.25, -0.2) is 8.78 Å². The normalized spacial score (nSPS) is 10.5. The number of benzene rings is 2. The second kappa shape index (κ2) is 7.04. The van der Waals surface area contributed by atoms with Crippen molar-refractivity contribution in [3.63, 3.8) is 0 Å². The van der Waals surface area contributed by atoms with Crippen molar-refractivity contribution in [3.8, 4) is 11.5 Å². The third kappa shape index (κ3) is 3.70. The Labute approximate surface area is 122 Å². The molecule has 0 fully saturated rings. The Morgan fingerprint density at radius 1 is 1.10 bits per heavy atom. The minimum Gasteiger partial charge on any atom is -0.497 e. The average Bonchev–Trinajstić information content (AvgIpc) is 2.48. The number of methoxy groups -OCH3 is 1. The highest BCUT2D eigenvalue weighted by atomic mass is 19.1. The smallest absolute Gasteiger partial charge is 0.132 e. The number of rotatable bonds is 6. The third-order valence-corrected chi connectivity index (χ3v) is 3.12. The van der Waals surface area contributed by atoms with Crippen LogP contribution in [0.2, 0.25) is 0 Å². The van der Waals surface area contributed by atoms with Crippen molar-refractivity contribution in [1.29, 1.82) is 0 Å². The first-order valence-electron chi connectivity index (χ1n) is 6.58. The maximum absolute atomic E-state index is 13.6. The summed E-state index contributed by atoms with van der Waals surface area (Å²) >= 11 is 0. The van der Waals surface area contributed by atoms with Crippen molar-refractivity contribution >= 4 is 0 Å². The van der Waals surface area contributed by atoms with Gasteiger partial charge in [-0.1, -0.05) is 12.1 Å². The fourth-order valence-electron chi connectivity index (χ4n) is 1.98. The first-order valence-corrected chi connectivity index (χ1v) is 6.58. The highest BCUT2D eigenvalue weighted by Gasteiger charge is 2.11. The monoisotopic (exact) mass is 293 g/mol. The van der Waals surface area contributed by atoms with Crippen LogP contribution in [0.4, 0.5) is 8.78 Å². The fourth-order valence-corrected chi connectivity index (χ4v) is 1.98. The van der Waals surface area contributed by atoms with Crippen LogP contribution >= 0.6 is 0 Å². The lowest BCUT2D eigenvalue weighted by atomic mass is 10.1. The summed E-state index contributed by atoms with van der Waals surface area (Å²) in [7, 11) is 1.54. The quantitative estimate of drug-likeness (QED) is 0.890. The number of halogens is 2. The molecule has 0 radical (unpaired) electrons. The molecule has 3 nitrogen and oxygen atoms in total. The van der Waals surface area contributed by atoms with Crippen LogP contribution in [0, 0.1) is 11.6 Å². The number of ether oxygens (including phenoxy) is 2. The van der Waals surface area contributed by atoms with E-state index in [1.54, 1.807) is 12.1 Å². The predicted molar refractivity (Wildman–Crippen MR) is 76.4 cm³/mol. The van der Waals surface area contributed by atoms with Crippen molar-refractivity contribution in [2.24, 2.45) is 5.73 Å². The van der Waals surface area contributed by atoms with E-state index in [1.807, 2.05) is 6.07 Å². The summed E-state index contributed by atoms with van der Waals surface area (Å²) in [5.74, 6) is -0.126. The molecule has 2 aromatic carbocycles. The largest absolute Gasteiger partial charge is 0.497 e. The standard InChI is InChI=1S/C16H17F2NO2/c1-20-12-6-5-11(7-8-19)16(9-12)21-10-13-14(17)3-2-4-15(13)18/h2-6,9H,7-8,10,19H2,1H3. The minimum absolute atomic E-state index is 0.0981. The Bertz CT molecular complexity index is 597. The summed E-state index contributed by atoms with van der Waals surface area (Å²) in [6.07, 6.45) is 0.610. The Morgan fingerprint density at radius 3 is 2.43 bits per heavy atom. The zero-order chi connectivity index (χ0) is 15.2. The van der Waals surface area contributed by atoms with Crippen LogP contribution in [0.15, 0.2) is 36.4 Å². The van der Waals surface area contributed by atoms with Crippen molar-refractivity contribution in [2.45, 2.75) is 13.0 Å². The molecule has 0 spiro atoms. The molecule has 112 valence electrons. The van der Waals surface area contributed by atoms with E-state index in [-0.39, 0.29) is 12.2 Å². The maximum Gasteiger partial charge on any atom is 0.132 e. The molecule has 0 heterocycles. The van der Waals surface area contributed by atoms with E-state index in [2.05, 4.69) is 0 Å². The van der Waals surface area contributed by atoms with Crippen molar-refractivity contribution in [3.05, 3.63) is 59.2 Å². The molecule has 2 aromatic rings. The van der Waals surface area contributed by atoms with E-state index in [4.69, 9.17) is 15.2 Å². The van der Waals surface area contributed by atoms with Gasteiger partial charge in [0.25, 0.3) is 0 Å². The van der Waals surface area contributed by atoms with E-state index in [0.29, 0.717) is 24.5 Å². The van der Waals surface area contributed by atoms with Crippen molar-refractivity contribution in [2.75, 3.05) is 13.7 Å². The number of hydrogen-bond acceptors (Lipinski definition) is 3. The summed E-state index contributed by atoms with van der Waals surface area (Å²) in [5, 5.41) is 0. The Kier molecular flexibility index (Phi) is 5.11. The molecule has 0 saturated heterocycles. The maximum atomic E-state index is 13.6. The Balaban J connectivity index is 2.22. The molecule has 0 amide bonds. The molecular weight excluding hydrogens is 276 g/mol. The van der Waals surface area contributed by atoms with E-state index in [9.17, 15) is 8.78 Å². The summed E-state index contributed by atoms with van der Waals surface area (Å²) in [6, 6.07) is 9.03. The molecule has 0 unspecified atom stereocenters. The molecule has 0 saturated carbocycles. The highest BCUT2D eigenvalue weighted by molar-refractivity contribution is 5.41. The van der Waals surface area contributed by atoms with E-state index in [1.165, 1.54) is 25.3 Å². The Hall–Kier alpha value is -2.14. The molecule has 2 rings (SSSR count). The summed E-state index contributed by atoms with van der Waals surface area (Å²) in [5.41, 5.74) is 6.32. The molecule has 2 N–H and O–H groups in total. The van der Waals surface area contributed by atoms with Crippen LogP contribution in [0.25, 0.3) is 0 Å². The summed E-state index contributed by atoms with van der Waals surface area (Å²) in [4.78, 5) is 0. The highest BCUT2D eigenvalue weighted by Crippen LogP contribution is 2.26. The van der Waals surface area contributed by atoms with Gasteiger partial charge in [0.15, 0.2) is 0 Å². The van der Waals surface area contributed by atoms with Gasteiger partial charge in [-0.15, -0.1) is 0 Å². The van der Waals surface area contributed by atoms with Gasteiger partial charge in [-0.3, -0.25) is 0 Å². The second-order valence-electron chi connectivity index (χ2n) is 4.50. The molecule has 0 aliphatic carbocycles. The summed E-state index contributed by atoms with van der Waals surface area (Å²) in [6.45, 7) is 0.264. The van der Waals surface area contributed by atoms with Crippen LogP contribution < -0.4 is 15.2 Å². The van der Waals surface area contributed by atoms with Crippen LogP contribution in [-0.4, -0.2) is 13.7 Å². The molecule has 0 bridgehead atoms. The van der Waals surface area contributed by atoms with Gasteiger partial charge < -0.3 is 15.2 Å². The minimum atomic E-state index is -0.627. The predicted octanol–water partition coefficient (Wildman–Crippen LogP) is 3.05. The lowest BCUT2D eigenvalue weighted by Gasteiger charge is -2.13. The van der Waals surface area contributed by atoms with Crippen molar-refractivity contribution in [1.82, 2.24) is 0 Å². The third-order valence-electron chi connectivity index (χ3n) is 3.12. The first-order chi connectivity index (χ1) is 10.2. The second-order valence-corrected chi connectivity index (χ2v) is 4.50. The first kappa shape index (κ1) is 15.3. The molecule has 21 heavy (non-hydrogen) atoms. The molecular formula is C16H17F2NO2. The Morgan fingerprint density at radius 2 is 1.81 bits per heavy atom. The van der Waals surface area contributed by atoms with Crippen LogP contribution in [0.5, 0.6) is 11.5 Å². The van der Waals surface area contributed by atoms with E-state index < -0.39 is 11.6 Å². The van der Waals surface area contributed by atoms with Gasteiger partial charge in [0.1, 0.15) is 29.7 Å². The zero-order valence-corrected chi connectivity index (χ0v) is 11.7. The average molecular weight is 293 g/mol. The number of hydrogen-bond donors (Lipinski definition) is 1. The lowest BCUT2D eigenvalue weighted by Crippen LogP contribution is -2.07.